The van der Waals surface area contributed by atoms with E-state index in [-0.39, 0.29) is 0 Å². The highest BCUT2D eigenvalue weighted by atomic mass is 79.9. The Bertz CT molecular complexity index is 404. The Hall–Kier alpha value is 1.02. The maximum atomic E-state index is 5.31. The van der Waals surface area contributed by atoms with Gasteiger partial charge in [-0.2, -0.15) is 0 Å². The van der Waals surface area contributed by atoms with Crippen LogP contribution < -0.4 is 4.62 Å². The number of rotatable bonds is 4. The molecule has 0 radical (unpaired) electrons. The van der Waals surface area contributed by atoms with Crippen molar-refractivity contribution in [2.75, 3.05) is 14.2 Å². The lowest BCUT2D eigenvalue weighted by molar-refractivity contribution is 0.158. The van der Waals surface area contributed by atoms with Crippen LogP contribution in [0.2, 0.25) is 0 Å². The van der Waals surface area contributed by atoms with Crippen molar-refractivity contribution >= 4 is 66.3 Å². The van der Waals surface area contributed by atoms with Gasteiger partial charge in [-0.3, -0.25) is 0 Å². The Morgan fingerprint density at radius 1 is 1.27 bits per heavy atom. The van der Waals surface area contributed by atoms with Gasteiger partial charge in [0.15, 0.2) is 4.60 Å². The van der Waals surface area contributed by atoms with E-state index in [1.165, 1.54) is 19.1 Å². The molecule has 0 atom stereocenters. The summed E-state index contributed by atoms with van der Waals surface area (Å²) in [6.07, 6.45) is 0. The second-order valence-corrected chi connectivity index (χ2v) is 7.59. The Labute approximate surface area is 117 Å². The van der Waals surface area contributed by atoms with E-state index in [1.54, 1.807) is 0 Å². The monoisotopic (exact) mass is 442 g/mol. The molecular formula is C5H6Br3N2O3PS. The SMILES string of the molecule is COP(=S)(OC)On1nc(Br)c(Br)c1Br. The van der Waals surface area contributed by atoms with Gasteiger partial charge in [0.2, 0.25) is 0 Å². The number of aromatic nitrogens is 2. The molecule has 0 aliphatic rings. The maximum absolute atomic E-state index is 5.31. The first kappa shape index (κ1) is 14.1. The number of hydrogen-bond acceptors (Lipinski definition) is 5. The van der Waals surface area contributed by atoms with Crippen LogP contribution in [-0.2, 0) is 20.9 Å². The Morgan fingerprint density at radius 3 is 2.13 bits per heavy atom. The van der Waals surface area contributed by atoms with Crippen molar-refractivity contribution in [2.24, 2.45) is 0 Å². The molecule has 0 aliphatic heterocycles. The van der Waals surface area contributed by atoms with Crippen LogP contribution in [0.15, 0.2) is 13.7 Å². The molecule has 0 spiro atoms. The summed E-state index contributed by atoms with van der Waals surface area (Å²) in [6, 6.07) is 0. The van der Waals surface area contributed by atoms with E-state index in [4.69, 9.17) is 25.5 Å². The fraction of sp³-hybridized carbons (Fsp3) is 0.400. The first-order valence-corrected chi connectivity index (χ1v) is 8.38. The fourth-order valence-electron chi connectivity index (χ4n) is 0.627. The molecule has 0 N–H and O–H groups in total. The van der Waals surface area contributed by atoms with Gasteiger partial charge in [-0.05, 0) is 47.8 Å². The highest BCUT2D eigenvalue weighted by molar-refractivity contribution is 9.14. The maximum Gasteiger partial charge on any atom is 0.401 e. The highest BCUT2D eigenvalue weighted by Crippen LogP contribution is 2.45. The smallest absolute Gasteiger partial charge is 0.314 e. The summed E-state index contributed by atoms with van der Waals surface area (Å²) in [5, 5.41) is 4.01. The van der Waals surface area contributed by atoms with E-state index < -0.39 is 6.72 Å². The highest BCUT2D eigenvalue weighted by Gasteiger charge is 2.23. The van der Waals surface area contributed by atoms with E-state index in [0.717, 1.165) is 4.47 Å². The molecule has 1 rings (SSSR count). The lowest BCUT2D eigenvalue weighted by atomic mass is 10.8. The average molecular weight is 445 g/mol. The summed E-state index contributed by atoms with van der Waals surface area (Å²) >= 11 is 14.8. The van der Waals surface area contributed by atoms with Gasteiger partial charge in [-0.25, -0.2) is 0 Å². The third kappa shape index (κ3) is 3.24. The number of nitrogens with zero attached hydrogens (tertiary/aromatic N) is 2. The minimum atomic E-state index is -2.77. The number of halogens is 3. The van der Waals surface area contributed by atoms with Crippen LogP contribution in [0.5, 0.6) is 0 Å². The minimum absolute atomic E-state index is 0.581. The molecule has 0 aromatic carbocycles. The van der Waals surface area contributed by atoms with Gasteiger partial charge in [-0.1, -0.05) is 4.85 Å². The Kier molecular flexibility index (Phi) is 5.23. The zero-order valence-corrected chi connectivity index (χ0v) is 14.1. The normalized spacial score (nSPS) is 11.8. The third-order valence-corrected chi connectivity index (χ3v) is 6.75. The molecule has 0 amide bonds. The predicted molar refractivity (Wildman–Crippen MR) is 70.2 cm³/mol. The van der Waals surface area contributed by atoms with Crippen LogP contribution in [0, 0.1) is 0 Å². The predicted octanol–water partition coefficient (Wildman–Crippen LogP) is 3.12. The van der Waals surface area contributed by atoms with Crippen molar-refractivity contribution in [1.29, 1.82) is 0 Å². The van der Waals surface area contributed by atoms with E-state index in [2.05, 4.69) is 52.9 Å². The van der Waals surface area contributed by atoms with Crippen molar-refractivity contribution in [1.82, 2.24) is 9.94 Å². The first-order chi connectivity index (χ1) is 6.93. The summed E-state index contributed by atoms with van der Waals surface area (Å²) in [5.41, 5.74) is 0. The fourth-order valence-corrected chi connectivity index (χ4v) is 2.69. The van der Waals surface area contributed by atoms with Crippen molar-refractivity contribution in [3.8, 4) is 0 Å². The lowest BCUT2D eigenvalue weighted by Crippen LogP contribution is -2.12. The van der Waals surface area contributed by atoms with Crippen LogP contribution in [0.1, 0.15) is 0 Å². The van der Waals surface area contributed by atoms with Gasteiger partial charge < -0.3 is 13.7 Å². The molecule has 86 valence electrons. The second kappa shape index (κ2) is 5.57. The number of hydrogen-bond donors (Lipinski definition) is 0. The van der Waals surface area contributed by atoms with Gasteiger partial charge >= 0.3 is 6.72 Å². The van der Waals surface area contributed by atoms with E-state index in [9.17, 15) is 0 Å². The van der Waals surface area contributed by atoms with E-state index >= 15 is 0 Å². The molecule has 5 nitrogen and oxygen atoms in total. The topological polar surface area (TPSA) is 45.5 Å². The summed E-state index contributed by atoms with van der Waals surface area (Å²) in [6.45, 7) is -2.77. The van der Waals surface area contributed by atoms with Crippen LogP contribution in [0.25, 0.3) is 0 Å². The molecule has 0 saturated carbocycles. The largest absolute Gasteiger partial charge is 0.401 e. The van der Waals surface area contributed by atoms with Crippen LogP contribution in [0.4, 0.5) is 0 Å². The van der Waals surface area contributed by atoms with Gasteiger partial charge in [0.25, 0.3) is 0 Å². The zero-order valence-electron chi connectivity index (χ0n) is 7.61. The molecule has 0 aliphatic carbocycles. The van der Waals surface area contributed by atoms with Crippen molar-refractivity contribution in [3.63, 3.8) is 0 Å². The van der Waals surface area contributed by atoms with Gasteiger partial charge in [0.1, 0.15) is 4.60 Å². The first-order valence-electron chi connectivity index (χ1n) is 3.44. The molecule has 0 fully saturated rings. The van der Waals surface area contributed by atoms with Crippen molar-refractivity contribution in [2.45, 2.75) is 0 Å². The minimum Gasteiger partial charge on any atom is -0.314 e. The van der Waals surface area contributed by atoms with Crippen LogP contribution >= 0.6 is 54.5 Å². The molecule has 0 bridgehead atoms. The van der Waals surface area contributed by atoms with Gasteiger partial charge in [0, 0.05) is 26.0 Å². The quantitative estimate of drug-likeness (QED) is 0.668. The lowest BCUT2D eigenvalue weighted by Gasteiger charge is -2.17. The van der Waals surface area contributed by atoms with E-state index in [0.29, 0.717) is 9.21 Å². The summed E-state index contributed by atoms with van der Waals surface area (Å²) in [5.74, 6) is 0. The Morgan fingerprint density at radius 2 is 1.80 bits per heavy atom. The molecule has 1 aromatic heterocycles. The molecule has 1 heterocycles. The van der Waals surface area contributed by atoms with Crippen molar-refractivity contribution in [3.05, 3.63) is 13.7 Å². The molecule has 15 heavy (non-hydrogen) atoms. The summed E-state index contributed by atoms with van der Waals surface area (Å²) < 4.78 is 17.1. The zero-order chi connectivity index (χ0) is 11.6. The van der Waals surface area contributed by atoms with Crippen LogP contribution in [0.3, 0.4) is 0 Å². The molecule has 1 aromatic rings. The molecular weight excluding hydrogens is 439 g/mol. The Balaban J connectivity index is 2.99. The van der Waals surface area contributed by atoms with Crippen molar-refractivity contribution < 1.29 is 13.7 Å². The second-order valence-electron chi connectivity index (χ2n) is 2.16. The standard InChI is InChI=1S/C5H6Br3N2O3PS/c1-11-14(15,12-2)13-10-5(8)3(6)4(7)9-10/h1-2H3. The summed E-state index contributed by atoms with van der Waals surface area (Å²) in [4.78, 5) is 1.20. The van der Waals surface area contributed by atoms with E-state index in [1.807, 2.05) is 0 Å². The van der Waals surface area contributed by atoms with Gasteiger partial charge in [-0.15, -0.1) is 5.10 Å². The third-order valence-electron chi connectivity index (χ3n) is 1.33. The average Bonchev–Trinajstić information content (AvgIpc) is 2.46. The molecule has 10 heteroatoms. The van der Waals surface area contributed by atoms with Crippen LogP contribution in [-0.4, -0.2) is 24.2 Å². The molecule has 0 unspecified atom stereocenters. The molecule has 0 saturated heterocycles. The summed E-state index contributed by atoms with van der Waals surface area (Å²) in [7, 11) is 2.84. The van der Waals surface area contributed by atoms with Gasteiger partial charge in [0.05, 0.1) is 4.47 Å².